The summed E-state index contributed by atoms with van der Waals surface area (Å²) in [6, 6.07) is 6.50. The zero-order chi connectivity index (χ0) is 26.2. The maximum atomic E-state index is 13.9. The molecular formula is C25H38BrN3O6. The highest BCUT2D eigenvalue weighted by atomic mass is 79.9. The van der Waals surface area contributed by atoms with Gasteiger partial charge >= 0.3 is 6.09 Å². The second-order valence-electron chi connectivity index (χ2n) is 9.86. The summed E-state index contributed by atoms with van der Waals surface area (Å²) in [6.45, 7) is 9.52. The number of aliphatic hydroxyl groups is 1. The molecule has 0 bridgehead atoms. The Morgan fingerprint density at radius 1 is 1.26 bits per heavy atom. The molecule has 0 radical (unpaired) electrons. The number of benzene rings is 1. The van der Waals surface area contributed by atoms with Crippen LogP contribution in [0.2, 0.25) is 0 Å². The van der Waals surface area contributed by atoms with Crippen molar-refractivity contribution in [1.82, 2.24) is 16.0 Å². The minimum Gasteiger partial charge on any atom is -0.444 e. The molecule has 1 aromatic rings. The number of aliphatic hydroxyl groups excluding tert-OH is 1. The topological polar surface area (TPSA) is 126 Å². The standard InChI is InChI=1S/C25H38BrN3O6/c1-6-16(2)19(21(31)27-13-7-14-30)28-22(32)25(29-23(33)35-24(3,4)5)12-15-34-20(25)17-8-10-18(26)11-9-17/h8-11,16,19-20,30H,6-7,12-15H2,1-5H3,(H,27,31)(H,28,32)(H,29,33)/t16-,19-,20-,25+/m0/s1. The van der Waals surface area contributed by atoms with Crippen LogP contribution < -0.4 is 16.0 Å². The van der Waals surface area contributed by atoms with Crippen molar-refractivity contribution in [2.75, 3.05) is 19.8 Å². The second kappa shape index (κ2) is 12.7. The number of halogens is 1. The summed E-state index contributed by atoms with van der Waals surface area (Å²) in [4.78, 5) is 39.7. The molecule has 9 nitrogen and oxygen atoms in total. The highest BCUT2D eigenvalue weighted by molar-refractivity contribution is 9.10. The van der Waals surface area contributed by atoms with Crippen molar-refractivity contribution in [3.05, 3.63) is 34.3 Å². The lowest BCUT2D eigenvalue weighted by molar-refractivity contribution is -0.135. The third-order valence-electron chi connectivity index (χ3n) is 5.95. The molecule has 3 amide bonds. The van der Waals surface area contributed by atoms with E-state index in [4.69, 9.17) is 14.6 Å². The van der Waals surface area contributed by atoms with E-state index in [9.17, 15) is 14.4 Å². The molecule has 2 rings (SSSR count). The largest absolute Gasteiger partial charge is 0.444 e. The molecule has 1 heterocycles. The molecule has 10 heteroatoms. The van der Waals surface area contributed by atoms with Gasteiger partial charge in [0.2, 0.25) is 11.8 Å². The summed E-state index contributed by atoms with van der Waals surface area (Å²) in [7, 11) is 0. The highest BCUT2D eigenvalue weighted by Gasteiger charge is 2.53. The van der Waals surface area contributed by atoms with Crippen LogP contribution in [0.3, 0.4) is 0 Å². The van der Waals surface area contributed by atoms with Crippen LogP contribution in [0.4, 0.5) is 4.79 Å². The molecule has 0 aliphatic carbocycles. The summed E-state index contributed by atoms with van der Waals surface area (Å²) in [5.41, 5.74) is -1.53. The van der Waals surface area contributed by atoms with Crippen LogP contribution in [-0.4, -0.2) is 60.0 Å². The molecule has 1 aromatic carbocycles. The first kappa shape index (κ1) is 29.1. The fourth-order valence-corrected chi connectivity index (χ4v) is 4.17. The van der Waals surface area contributed by atoms with E-state index in [-0.39, 0.29) is 31.5 Å². The van der Waals surface area contributed by atoms with Gasteiger partial charge in [0.15, 0.2) is 5.54 Å². The van der Waals surface area contributed by atoms with Crippen LogP contribution in [0.15, 0.2) is 28.7 Å². The van der Waals surface area contributed by atoms with Gasteiger partial charge in [-0.2, -0.15) is 0 Å². The van der Waals surface area contributed by atoms with Crippen LogP contribution in [0.25, 0.3) is 0 Å². The van der Waals surface area contributed by atoms with Crippen molar-refractivity contribution in [3.8, 4) is 0 Å². The average molecular weight is 556 g/mol. The van der Waals surface area contributed by atoms with E-state index in [1.54, 1.807) is 20.8 Å². The lowest BCUT2D eigenvalue weighted by atomic mass is 9.85. The van der Waals surface area contributed by atoms with Crippen molar-refractivity contribution >= 4 is 33.8 Å². The number of ether oxygens (including phenoxy) is 2. The number of hydrogen-bond acceptors (Lipinski definition) is 6. The Morgan fingerprint density at radius 2 is 1.91 bits per heavy atom. The maximum Gasteiger partial charge on any atom is 0.408 e. The minimum atomic E-state index is -1.48. The molecular weight excluding hydrogens is 518 g/mol. The number of nitrogens with one attached hydrogen (secondary N) is 3. The fourth-order valence-electron chi connectivity index (χ4n) is 3.91. The Bertz CT molecular complexity index is 873. The normalized spacial score (nSPS) is 21.6. The number of hydrogen-bond donors (Lipinski definition) is 4. The van der Waals surface area contributed by atoms with Gasteiger partial charge in [-0.3, -0.25) is 9.59 Å². The third-order valence-corrected chi connectivity index (χ3v) is 6.48. The van der Waals surface area contributed by atoms with Crippen molar-refractivity contribution in [3.63, 3.8) is 0 Å². The van der Waals surface area contributed by atoms with Crippen LogP contribution in [0, 0.1) is 5.92 Å². The molecule has 196 valence electrons. The van der Waals surface area contributed by atoms with Gasteiger partial charge in [-0.15, -0.1) is 0 Å². The molecule has 1 fully saturated rings. The van der Waals surface area contributed by atoms with Crippen molar-refractivity contribution in [1.29, 1.82) is 0 Å². The zero-order valence-electron chi connectivity index (χ0n) is 21.2. The molecule has 1 aliphatic heterocycles. The lowest BCUT2D eigenvalue weighted by Crippen LogP contribution is -2.64. The fraction of sp³-hybridized carbons (Fsp3) is 0.640. The van der Waals surface area contributed by atoms with Gasteiger partial charge < -0.3 is 30.5 Å². The average Bonchev–Trinajstić information content (AvgIpc) is 3.20. The van der Waals surface area contributed by atoms with Gasteiger partial charge in [-0.1, -0.05) is 48.3 Å². The monoisotopic (exact) mass is 555 g/mol. The summed E-state index contributed by atoms with van der Waals surface area (Å²) in [5.74, 6) is -1.02. The van der Waals surface area contributed by atoms with Crippen LogP contribution in [0.1, 0.15) is 65.5 Å². The molecule has 1 saturated heterocycles. The SMILES string of the molecule is CC[C@H](C)[C@H](NC(=O)[C@@]1(NC(=O)OC(C)(C)C)CCO[C@H]1c1ccc(Br)cc1)C(=O)NCCCO. The van der Waals surface area contributed by atoms with E-state index in [1.807, 2.05) is 38.1 Å². The third kappa shape index (κ3) is 7.91. The Balaban J connectivity index is 2.40. The van der Waals surface area contributed by atoms with Crippen LogP contribution in [0.5, 0.6) is 0 Å². The maximum absolute atomic E-state index is 13.9. The number of carbonyl (C=O) groups excluding carboxylic acids is 3. The molecule has 35 heavy (non-hydrogen) atoms. The first-order valence-electron chi connectivity index (χ1n) is 12.0. The van der Waals surface area contributed by atoms with E-state index in [0.717, 1.165) is 4.47 Å². The van der Waals surface area contributed by atoms with E-state index < -0.39 is 35.3 Å². The van der Waals surface area contributed by atoms with Gasteiger partial charge in [0, 0.05) is 24.0 Å². The minimum absolute atomic E-state index is 0.0459. The van der Waals surface area contributed by atoms with Gasteiger partial charge in [0.25, 0.3) is 0 Å². The predicted molar refractivity (Wildman–Crippen MR) is 136 cm³/mol. The van der Waals surface area contributed by atoms with Gasteiger partial charge in [-0.25, -0.2) is 4.79 Å². The summed E-state index contributed by atoms with van der Waals surface area (Å²) in [5, 5.41) is 17.5. The number of amides is 3. The second-order valence-corrected chi connectivity index (χ2v) is 10.8. The van der Waals surface area contributed by atoms with Gasteiger partial charge in [0.1, 0.15) is 17.7 Å². The van der Waals surface area contributed by atoms with E-state index in [0.29, 0.717) is 24.9 Å². The van der Waals surface area contributed by atoms with Crippen LogP contribution in [-0.2, 0) is 19.1 Å². The number of carbonyl (C=O) groups is 3. The van der Waals surface area contributed by atoms with Crippen molar-refractivity contribution < 1.29 is 29.0 Å². The van der Waals surface area contributed by atoms with Crippen molar-refractivity contribution in [2.45, 2.75) is 77.2 Å². The number of alkyl carbamates (subject to hydrolysis) is 1. The van der Waals surface area contributed by atoms with Crippen molar-refractivity contribution in [2.24, 2.45) is 5.92 Å². The van der Waals surface area contributed by atoms with E-state index in [2.05, 4.69) is 31.9 Å². The lowest BCUT2D eigenvalue weighted by Gasteiger charge is -2.36. The first-order valence-corrected chi connectivity index (χ1v) is 12.8. The molecule has 0 spiro atoms. The summed E-state index contributed by atoms with van der Waals surface area (Å²) < 4.78 is 12.3. The molecule has 4 atom stereocenters. The smallest absolute Gasteiger partial charge is 0.408 e. The predicted octanol–water partition coefficient (Wildman–Crippen LogP) is 3.20. The van der Waals surface area contributed by atoms with E-state index >= 15 is 0 Å². The highest BCUT2D eigenvalue weighted by Crippen LogP contribution is 2.39. The van der Waals surface area contributed by atoms with Gasteiger partial charge in [-0.05, 0) is 50.8 Å². The Hall–Kier alpha value is -2.17. The van der Waals surface area contributed by atoms with Gasteiger partial charge in [0.05, 0.1) is 6.61 Å². The first-order chi connectivity index (χ1) is 16.4. The molecule has 1 aliphatic rings. The molecule has 4 N–H and O–H groups in total. The summed E-state index contributed by atoms with van der Waals surface area (Å²) in [6.07, 6.45) is -0.252. The van der Waals surface area contributed by atoms with Crippen LogP contribution >= 0.6 is 15.9 Å². The zero-order valence-corrected chi connectivity index (χ0v) is 22.7. The molecule has 0 aromatic heterocycles. The molecule has 0 unspecified atom stereocenters. The molecule has 0 saturated carbocycles. The Labute approximate surface area is 215 Å². The number of rotatable bonds is 10. The quantitative estimate of drug-likeness (QED) is 0.328. The van der Waals surface area contributed by atoms with E-state index in [1.165, 1.54) is 0 Å². The summed E-state index contributed by atoms with van der Waals surface area (Å²) >= 11 is 3.41. The Morgan fingerprint density at radius 3 is 2.49 bits per heavy atom. The Kier molecular flexibility index (Phi) is 10.5.